The van der Waals surface area contributed by atoms with E-state index in [-0.39, 0.29) is 19.3 Å². The van der Waals surface area contributed by atoms with Crippen molar-refractivity contribution in [2.24, 2.45) is 0 Å². The molecule has 6 nitrogen and oxygen atoms in total. The van der Waals surface area contributed by atoms with Crippen molar-refractivity contribution in [3.63, 3.8) is 0 Å². The van der Waals surface area contributed by atoms with Crippen LogP contribution in [0.5, 0.6) is 0 Å². The van der Waals surface area contributed by atoms with Gasteiger partial charge in [-0.05, 0) is 25.7 Å². The third kappa shape index (κ3) is 8.03. The Labute approximate surface area is 145 Å². The van der Waals surface area contributed by atoms with E-state index in [9.17, 15) is 15.0 Å². The first kappa shape index (κ1) is 21.5. The zero-order chi connectivity index (χ0) is 17.8. The monoisotopic (exact) mass is 345 g/mol. The molecule has 24 heavy (non-hydrogen) atoms. The van der Waals surface area contributed by atoms with E-state index in [0.29, 0.717) is 25.0 Å². The number of Topliss-reactive ketones (excluding diaryl/α,β-unsaturated/α-hetero) is 1. The number of aliphatic hydroxyl groups excluding tert-OH is 4. The summed E-state index contributed by atoms with van der Waals surface area (Å²) in [5, 5.41) is 40.5. The van der Waals surface area contributed by atoms with Crippen LogP contribution in [0.25, 0.3) is 0 Å². The molecule has 0 aromatic heterocycles. The molecule has 0 spiro atoms. The maximum Gasteiger partial charge on any atom is 0.132 e. The highest BCUT2D eigenvalue weighted by atomic mass is 16.3. The summed E-state index contributed by atoms with van der Waals surface area (Å²) in [4.78, 5) is 11.6. The highest BCUT2D eigenvalue weighted by Gasteiger charge is 2.39. The molecule has 0 saturated carbocycles. The maximum atomic E-state index is 11.6. The van der Waals surface area contributed by atoms with E-state index in [0.717, 1.165) is 51.4 Å². The van der Waals surface area contributed by atoms with E-state index in [1.54, 1.807) is 0 Å². The first-order valence-corrected chi connectivity index (χ1v) is 9.45. The summed E-state index contributed by atoms with van der Waals surface area (Å²) in [5.74, 6) is 0.307. The number of rotatable bonds is 14. The molecule has 0 aromatic carbocycles. The normalized spacial score (nSPS) is 26.8. The predicted molar refractivity (Wildman–Crippen MR) is 92.7 cm³/mol. The zero-order valence-electron chi connectivity index (χ0n) is 14.7. The quantitative estimate of drug-likeness (QED) is 0.299. The van der Waals surface area contributed by atoms with Crippen LogP contribution in [0.1, 0.15) is 70.6 Å². The highest BCUT2D eigenvalue weighted by molar-refractivity contribution is 5.78. The van der Waals surface area contributed by atoms with Crippen LogP contribution in [0.3, 0.4) is 0 Å². The lowest BCUT2D eigenvalue weighted by atomic mass is 10.0. The average Bonchev–Trinajstić information content (AvgIpc) is 2.85. The van der Waals surface area contributed by atoms with Gasteiger partial charge in [0.05, 0.1) is 24.9 Å². The number of ketones is 1. The van der Waals surface area contributed by atoms with Crippen molar-refractivity contribution < 1.29 is 25.2 Å². The molecule has 142 valence electrons. The zero-order valence-corrected chi connectivity index (χ0v) is 14.7. The average molecular weight is 345 g/mol. The first-order valence-electron chi connectivity index (χ1n) is 9.45. The fourth-order valence-electron chi connectivity index (χ4n) is 3.32. The molecule has 1 aliphatic rings. The van der Waals surface area contributed by atoms with Crippen molar-refractivity contribution >= 4 is 5.78 Å². The van der Waals surface area contributed by atoms with Crippen LogP contribution in [-0.4, -0.2) is 63.7 Å². The third-order valence-electron chi connectivity index (χ3n) is 4.88. The number of nitrogens with one attached hydrogen (secondary N) is 1. The lowest BCUT2D eigenvalue weighted by Crippen LogP contribution is -2.36. The van der Waals surface area contributed by atoms with Crippen LogP contribution in [0.15, 0.2) is 0 Å². The molecule has 5 N–H and O–H groups in total. The van der Waals surface area contributed by atoms with Crippen molar-refractivity contribution in [2.45, 2.75) is 94.9 Å². The van der Waals surface area contributed by atoms with Gasteiger partial charge >= 0.3 is 0 Å². The molecular formula is C18H35NO5. The molecule has 0 aromatic rings. The molecule has 0 amide bonds. The van der Waals surface area contributed by atoms with E-state index in [4.69, 9.17) is 10.2 Å². The fourth-order valence-corrected chi connectivity index (χ4v) is 3.32. The van der Waals surface area contributed by atoms with Crippen LogP contribution in [-0.2, 0) is 4.79 Å². The predicted octanol–water partition coefficient (Wildman–Crippen LogP) is 0.893. The minimum Gasteiger partial charge on any atom is -0.396 e. The molecule has 0 aliphatic carbocycles. The summed E-state index contributed by atoms with van der Waals surface area (Å²) < 4.78 is 0. The number of carbonyl (C=O) groups excluding carboxylic acids is 1. The van der Waals surface area contributed by atoms with Crippen molar-refractivity contribution in [3.05, 3.63) is 0 Å². The summed E-state index contributed by atoms with van der Waals surface area (Å²) in [6.45, 7) is 0.00769. The number of hydrogen-bond acceptors (Lipinski definition) is 6. The van der Waals surface area contributed by atoms with Crippen LogP contribution in [0.2, 0.25) is 0 Å². The molecule has 6 heteroatoms. The molecule has 4 unspecified atom stereocenters. The molecule has 1 aliphatic heterocycles. The van der Waals surface area contributed by atoms with Crippen LogP contribution < -0.4 is 5.32 Å². The Morgan fingerprint density at radius 1 is 0.750 bits per heavy atom. The Morgan fingerprint density at radius 3 is 1.88 bits per heavy atom. The summed E-state index contributed by atoms with van der Waals surface area (Å²) in [6, 6.07) is -0.548. The summed E-state index contributed by atoms with van der Waals surface area (Å²) in [7, 11) is 0. The van der Waals surface area contributed by atoms with Crippen molar-refractivity contribution in [2.75, 3.05) is 13.2 Å². The van der Waals surface area contributed by atoms with Gasteiger partial charge in [0, 0.05) is 25.5 Å². The second-order valence-corrected chi connectivity index (χ2v) is 6.92. The standard InChI is InChI=1S/C18H35NO5/c20-12-8-7-10-14(22)9-5-3-1-2-4-6-11-15-17(23)18(24)16(13-21)19-15/h15-21,23-24H,1-13H2. The van der Waals surface area contributed by atoms with Gasteiger partial charge in [-0.1, -0.05) is 32.1 Å². The highest BCUT2D eigenvalue weighted by Crippen LogP contribution is 2.19. The van der Waals surface area contributed by atoms with Crippen molar-refractivity contribution in [1.29, 1.82) is 0 Å². The smallest absolute Gasteiger partial charge is 0.132 e. The van der Waals surface area contributed by atoms with E-state index in [1.165, 1.54) is 0 Å². The number of unbranched alkanes of at least 4 members (excludes halogenated alkanes) is 6. The van der Waals surface area contributed by atoms with Gasteiger partial charge in [0.15, 0.2) is 0 Å². The summed E-state index contributed by atoms with van der Waals surface area (Å²) in [6.07, 6.45) is 8.21. The molecule has 1 saturated heterocycles. The van der Waals surface area contributed by atoms with E-state index in [1.807, 2.05) is 0 Å². The molecule has 0 bridgehead atoms. The van der Waals surface area contributed by atoms with E-state index >= 15 is 0 Å². The van der Waals surface area contributed by atoms with Crippen LogP contribution >= 0.6 is 0 Å². The van der Waals surface area contributed by atoms with Crippen molar-refractivity contribution in [1.82, 2.24) is 5.32 Å². The third-order valence-corrected chi connectivity index (χ3v) is 4.88. The minimum atomic E-state index is -0.880. The Hall–Kier alpha value is -0.530. The number of hydrogen-bond donors (Lipinski definition) is 5. The van der Waals surface area contributed by atoms with Gasteiger partial charge in [-0.15, -0.1) is 0 Å². The molecule has 4 atom stereocenters. The van der Waals surface area contributed by atoms with Gasteiger partial charge in [-0.3, -0.25) is 4.79 Å². The fraction of sp³-hybridized carbons (Fsp3) is 0.944. The van der Waals surface area contributed by atoms with Gasteiger partial charge in [0.25, 0.3) is 0 Å². The SMILES string of the molecule is O=C(CCCCO)CCCCCCCCC1NC(CO)C(O)C1O. The number of carbonyl (C=O) groups is 1. The first-order chi connectivity index (χ1) is 11.6. The van der Waals surface area contributed by atoms with Gasteiger partial charge in [0.2, 0.25) is 0 Å². The van der Waals surface area contributed by atoms with Gasteiger partial charge in [-0.25, -0.2) is 0 Å². The molecule has 0 radical (unpaired) electrons. The second-order valence-electron chi connectivity index (χ2n) is 6.92. The molecule has 1 heterocycles. The Morgan fingerprint density at radius 2 is 1.29 bits per heavy atom. The van der Waals surface area contributed by atoms with Gasteiger partial charge in [0.1, 0.15) is 5.78 Å². The van der Waals surface area contributed by atoms with Gasteiger partial charge < -0.3 is 25.7 Å². The molecule has 1 fully saturated rings. The van der Waals surface area contributed by atoms with Crippen LogP contribution in [0, 0.1) is 0 Å². The summed E-state index contributed by atoms with van der Waals surface area (Å²) >= 11 is 0. The lowest BCUT2D eigenvalue weighted by molar-refractivity contribution is -0.119. The Bertz CT molecular complexity index is 339. The minimum absolute atomic E-state index is 0.131. The van der Waals surface area contributed by atoms with Gasteiger partial charge in [-0.2, -0.15) is 0 Å². The van der Waals surface area contributed by atoms with E-state index < -0.39 is 18.2 Å². The lowest BCUT2D eigenvalue weighted by Gasteiger charge is -2.15. The second kappa shape index (κ2) is 12.8. The molecule has 1 rings (SSSR count). The Kier molecular flexibility index (Phi) is 11.5. The van der Waals surface area contributed by atoms with Crippen LogP contribution in [0.4, 0.5) is 0 Å². The largest absolute Gasteiger partial charge is 0.396 e. The topological polar surface area (TPSA) is 110 Å². The molecular weight excluding hydrogens is 310 g/mol. The maximum absolute atomic E-state index is 11.6. The van der Waals surface area contributed by atoms with E-state index in [2.05, 4.69) is 5.32 Å². The number of aliphatic hydroxyl groups is 4. The Balaban J connectivity index is 1.93. The van der Waals surface area contributed by atoms with Crippen molar-refractivity contribution in [3.8, 4) is 0 Å². The summed E-state index contributed by atoms with van der Waals surface area (Å²) in [5.41, 5.74) is 0.